The van der Waals surface area contributed by atoms with Crippen molar-refractivity contribution in [1.29, 1.82) is 0 Å². The first-order valence-corrected chi connectivity index (χ1v) is 19.6. The van der Waals surface area contributed by atoms with Crippen molar-refractivity contribution in [2.75, 3.05) is 0 Å². The van der Waals surface area contributed by atoms with Crippen LogP contribution in [0, 0.1) is 0 Å². The summed E-state index contributed by atoms with van der Waals surface area (Å²) in [6.45, 7) is 0. The van der Waals surface area contributed by atoms with E-state index in [2.05, 4.69) is 222 Å². The van der Waals surface area contributed by atoms with Gasteiger partial charge in [0.05, 0.1) is 28.3 Å². The van der Waals surface area contributed by atoms with Crippen molar-refractivity contribution in [3.05, 3.63) is 229 Å². The Morgan fingerprint density at radius 2 is 1.12 bits per heavy atom. The van der Waals surface area contributed by atoms with Crippen molar-refractivity contribution in [3.63, 3.8) is 0 Å². The zero-order valence-corrected chi connectivity index (χ0v) is 31.2. The molecular weight excluding hydrogens is 691 g/mol. The summed E-state index contributed by atoms with van der Waals surface area (Å²) in [6.07, 6.45) is 4.68. The first-order chi connectivity index (χ1) is 28.2. The predicted molar refractivity (Wildman–Crippen MR) is 239 cm³/mol. The fourth-order valence-electron chi connectivity index (χ4n) is 8.68. The van der Waals surface area contributed by atoms with Crippen LogP contribution in [0.4, 0.5) is 0 Å². The molecule has 1 unspecified atom stereocenters. The molecule has 1 aliphatic heterocycles. The number of allylic oxidation sites excluding steroid dienone is 2. The Labute approximate surface area is 331 Å². The van der Waals surface area contributed by atoms with Crippen molar-refractivity contribution >= 4 is 54.8 Å². The Hall–Kier alpha value is -7.49. The molecule has 11 rings (SSSR count). The smallest absolute Gasteiger partial charge is 0.0722 e. The van der Waals surface area contributed by atoms with E-state index in [0.717, 1.165) is 33.7 Å². The molecule has 0 saturated carbocycles. The number of dihydropyridines is 1. The molecule has 2 aromatic heterocycles. The average Bonchev–Trinajstić information content (AvgIpc) is 3.63. The topological polar surface area (TPSA) is 29.9 Å². The highest BCUT2D eigenvalue weighted by atomic mass is 15.0. The van der Waals surface area contributed by atoms with Crippen LogP contribution in [0.2, 0.25) is 0 Å². The van der Waals surface area contributed by atoms with E-state index in [9.17, 15) is 0 Å². The Balaban J connectivity index is 1.05. The molecule has 10 aromatic rings. The number of hydrogen-bond acceptors (Lipinski definition) is 2. The van der Waals surface area contributed by atoms with E-state index in [1.54, 1.807) is 0 Å². The van der Waals surface area contributed by atoms with Gasteiger partial charge in [-0.2, -0.15) is 0 Å². The van der Waals surface area contributed by atoms with Crippen molar-refractivity contribution in [2.45, 2.75) is 6.04 Å². The maximum Gasteiger partial charge on any atom is 0.0722 e. The number of rotatable bonds is 6. The van der Waals surface area contributed by atoms with E-state index in [1.807, 2.05) is 0 Å². The highest BCUT2D eigenvalue weighted by molar-refractivity contribution is 6.14. The van der Waals surface area contributed by atoms with Gasteiger partial charge in [-0.3, -0.25) is 0 Å². The molecule has 0 amide bonds. The van der Waals surface area contributed by atoms with Gasteiger partial charge in [-0.15, -0.1) is 0 Å². The van der Waals surface area contributed by atoms with E-state index in [-0.39, 0.29) is 6.04 Å². The maximum atomic E-state index is 5.21. The minimum atomic E-state index is -0.00399. The van der Waals surface area contributed by atoms with Gasteiger partial charge < -0.3 is 9.88 Å². The molecule has 57 heavy (non-hydrogen) atoms. The molecule has 268 valence electrons. The quantitative estimate of drug-likeness (QED) is 0.173. The first kappa shape index (κ1) is 32.9. The molecular formula is C54H37N3. The lowest BCUT2D eigenvalue weighted by Crippen LogP contribution is -2.21. The Morgan fingerprint density at radius 3 is 1.86 bits per heavy atom. The number of pyridine rings is 1. The third-order valence-corrected chi connectivity index (χ3v) is 11.4. The number of nitrogens with one attached hydrogen (secondary N) is 1. The molecule has 0 fully saturated rings. The normalized spacial score (nSPS) is 14.1. The van der Waals surface area contributed by atoms with Gasteiger partial charge in [-0.1, -0.05) is 158 Å². The first-order valence-electron chi connectivity index (χ1n) is 19.6. The fraction of sp³-hybridized carbons (Fsp3) is 0.0185. The highest BCUT2D eigenvalue weighted by Gasteiger charge is 2.20. The highest BCUT2D eigenvalue weighted by Crippen LogP contribution is 2.39. The molecule has 3 nitrogen and oxygen atoms in total. The lowest BCUT2D eigenvalue weighted by atomic mass is 9.90. The molecule has 0 bridgehead atoms. The molecule has 1 N–H and O–H groups in total. The van der Waals surface area contributed by atoms with Crippen molar-refractivity contribution < 1.29 is 0 Å². The molecule has 0 spiro atoms. The lowest BCUT2D eigenvalue weighted by molar-refractivity contribution is 0.766. The summed E-state index contributed by atoms with van der Waals surface area (Å²) in [5, 5.41) is 9.97. The SMILES string of the molecule is C1=C(c2ccc3c(ccc4nc(-c5ccccc5)cc(-c5ccccc5)c43)c2)C=C(c2cccc(-n3c4ccccc4c4ccccc43)c2)NC1c1ccccc1. The Bertz CT molecular complexity index is 3140. The Morgan fingerprint density at radius 1 is 0.474 bits per heavy atom. The van der Waals surface area contributed by atoms with Crippen LogP contribution in [0.15, 0.2) is 212 Å². The van der Waals surface area contributed by atoms with Gasteiger partial charge in [-0.05, 0) is 98.8 Å². The summed E-state index contributed by atoms with van der Waals surface area (Å²) in [6, 6.07) is 71.8. The third-order valence-electron chi connectivity index (χ3n) is 11.4. The number of hydrogen-bond donors (Lipinski definition) is 1. The van der Waals surface area contributed by atoms with Gasteiger partial charge in [0.2, 0.25) is 0 Å². The largest absolute Gasteiger partial charge is 0.374 e. The van der Waals surface area contributed by atoms with Gasteiger partial charge in [0, 0.05) is 33.1 Å². The third kappa shape index (κ3) is 5.80. The maximum absolute atomic E-state index is 5.21. The van der Waals surface area contributed by atoms with Gasteiger partial charge >= 0.3 is 0 Å². The average molecular weight is 728 g/mol. The predicted octanol–water partition coefficient (Wildman–Crippen LogP) is 13.6. The summed E-state index contributed by atoms with van der Waals surface area (Å²) >= 11 is 0. The van der Waals surface area contributed by atoms with E-state index in [1.165, 1.54) is 65.8 Å². The van der Waals surface area contributed by atoms with Crippen LogP contribution in [0.3, 0.4) is 0 Å². The van der Waals surface area contributed by atoms with E-state index in [4.69, 9.17) is 4.98 Å². The van der Waals surface area contributed by atoms with Gasteiger partial charge in [0.15, 0.2) is 0 Å². The van der Waals surface area contributed by atoms with Gasteiger partial charge in [-0.25, -0.2) is 4.98 Å². The standard InChI is InChI=1S/C54H37N3/c1-4-15-36(16-5-1)47-35-51(38-19-8-3-9-20-38)55-48-30-28-40-31-39(27-29-44(40)54(47)48)42-33-49(37-17-6-2-7-18-37)56-50(34-42)41-21-14-22-43(32-41)57-52-25-12-10-23-45(52)46-24-11-13-26-53(46)57/h1-35,49,56H. The van der Waals surface area contributed by atoms with Crippen LogP contribution in [0.5, 0.6) is 0 Å². The molecule has 1 aliphatic rings. The van der Waals surface area contributed by atoms with Crippen molar-refractivity contribution in [1.82, 2.24) is 14.9 Å². The van der Waals surface area contributed by atoms with Crippen LogP contribution in [0.1, 0.15) is 22.7 Å². The van der Waals surface area contributed by atoms with E-state index in [0.29, 0.717) is 0 Å². The Kier molecular flexibility index (Phi) is 7.89. The summed E-state index contributed by atoms with van der Waals surface area (Å²) in [5.74, 6) is 0. The summed E-state index contributed by atoms with van der Waals surface area (Å²) in [4.78, 5) is 5.21. The zero-order valence-electron chi connectivity index (χ0n) is 31.2. The van der Waals surface area contributed by atoms with Crippen LogP contribution in [-0.4, -0.2) is 9.55 Å². The second-order valence-electron chi connectivity index (χ2n) is 14.8. The number of nitrogens with zero attached hydrogens (tertiary/aromatic N) is 2. The minimum absolute atomic E-state index is 0.00399. The second-order valence-corrected chi connectivity index (χ2v) is 14.8. The summed E-state index contributed by atoms with van der Waals surface area (Å²) in [7, 11) is 0. The van der Waals surface area contributed by atoms with Gasteiger partial charge in [0.25, 0.3) is 0 Å². The minimum Gasteiger partial charge on any atom is -0.374 e. The number of aromatic nitrogens is 2. The van der Waals surface area contributed by atoms with Crippen LogP contribution in [-0.2, 0) is 0 Å². The number of fused-ring (bicyclic) bond motifs is 6. The van der Waals surface area contributed by atoms with E-state index >= 15 is 0 Å². The zero-order chi connectivity index (χ0) is 37.7. The molecule has 3 heteroatoms. The molecule has 1 atom stereocenters. The van der Waals surface area contributed by atoms with Crippen LogP contribution in [0.25, 0.3) is 82.8 Å². The summed E-state index contributed by atoms with van der Waals surface area (Å²) in [5.41, 5.74) is 14.8. The second kappa shape index (κ2) is 13.7. The molecule has 0 radical (unpaired) electrons. The number of benzene rings is 8. The molecule has 8 aromatic carbocycles. The fourth-order valence-corrected chi connectivity index (χ4v) is 8.68. The van der Waals surface area contributed by atoms with Crippen molar-refractivity contribution in [3.8, 4) is 28.1 Å². The summed E-state index contributed by atoms with van der Waals surface area (Å²) < 4.78 is 2.39. The van der Waals surface area contributed by atoms with Crippen molar-refractivity contribution in [2.24, 2.45) is 0 Å². The molecule has 3 heterocycles. The molecule has 0 aliphatic carbocycles. The van der Waals surface area contributed by atoms with E-state index < -0.39 is 0 Å². The van der Waals surface area contributed by atoms with Crippen LogP contribution < -0.4 is 5.32 Å². The lowest BCUT2D eigenvalue weighted by Gasteiger charge is -2.26. The van der Waals surface area contributed by atoms with Crippen LogP contribution >= 0.6 is 0 Å². The molecule has 0 saturated heterocycles. The number of para-hydroxylation sites is 2. The monoisotopic (exact) mass is 727 g/mol. The van der Waals surface area contributed by atoms with Gasteiger partial charge in [0.1, 0.15) is 0 Å².